The number of nitrogens with one attached hydrogen (secondary N) is 1. The molecule has 0 aliphatic carbocycles. The van der Waals surface area contributed by atoms with E-state index in [-0.39, 0.29) is 5.91 Å². The molecule has 0 spiro atoms. The number of nitrogens with zero attached hydrogens (tertiary/aromatic N) is 6. The minimum Gasteiger partial charge on any atom is -0.491 e. The Labute approximate surface area is 301 Å². The number of ether oxygens (including phenoxy) is 3. The molecule has 11 nitrogen and oxygen atoms in total. The van der Waals surface area contributed by atoms with Gasteiger partial charge < -0.3 is 24.4 Å². The molecule has 1 N–H and O–H groups in total. The van der Waals surface area contributed by atoms with Crippen LogP contribution in [0.15, 0.2) is 72.3 Å². The Balaban J connectivity index is 1.16. The molecule has 4 aromatic rings. The lowest BCUT2D eigenvalue weighted by Gasteiger charge is -2.31. The molecule has 0 saturated carbocycles. The summed E-state index contributed by atoms with van der Waals surface area (Å²) in [6, 6.07) is 23.3. The van der Waals surface area contributed by atoms with Crippen LogP contribution in [0, 0.1) is 0 Å². The van der Waals surface area contributed by atoms with E-state index in [1.54, 1.807) is 4.80 Å². The summed E-state index contributed by atoms with van der Waals surface area (Å²) in [7, 11) is 2.18. The molecule has 1 amide bonds. The van der Waals surface area contributed by atoms with Crippen molar-refractivity contribution in [3.05, 3.63) is 89.3 Å². The van der Waals surface area contributed by atoms with Gasteiger partial charge in [0.1, 0.15) is 12.4 Å². The maximum absolute atomic E-state index is 13.8. The minimum absolute atomic E-state index is 0.101. The molecule has 3 heterocycles. The van der Waals surface area contributed by atoms with Crippen LogP contribution in [0.25, 0.3) is 17.2 Å². The number of unbranched alkanes of at least 4 members (excludes halogenated alkanes) is 1. The predicted octanol–water partition coefficient (Wildman–Crippen LogP) is 6.60. The summed E-state index contributed by atoms with van der Waals surface area (Å²) >= 11 is 0. The molecule has 0 radical (unpaired) electrons. The van der Waals surface area contributed by atoms with Crippen LogP contribution in [-0.2, 0) is 33.9 Å². The number of carbonyl (C=O) groups excluding carboxylic acids is 1. The van der Waals surface area contributed by atoms with E-state index in [2.05, 4.69) is 87.0 Å². The predicted molar refractivity (Wildman–Crippen MR) is 201 cm³/mol. The van der Waals surface area contributed by atoms with Crippen LogP contribution < -0.4 is 15.0 Å². The molecule has 11 heteroatoms. The SMILES string of the molecule is CCCCOCCOc1ccc(-c2ccc3c(c2)C=C(C(=O)Nc2ccc(CN(C)C4CCOCC4)cc2)CCN3Cc2nnn(CC)n2)cc1. The number of hydrogen-bond acceptors (Lipinski definition) is 9. The molecule has 3 aromatic carbocycles. The number of fused-ring (bicyclic) bond motifs is 1. The molecule has 1 fully saturated rings. The number of anilines is 2. The van der Waals surface area contributed by atoms with Gasteiger partial charge in [-0.3, -0.25) is 9.69 Å². The molecule has 0 atom stereocenters. The van der Waals surface area contributed by atoms with Gasteiger partial charge in [-0.15, -0.1) is 10.2 Å². The highest BCUT2D eigenvalue weighted by atomic mass is 16.5. The summed E-state index contributed by atoms with van der Waals surface area (Å²) in [6.07, 6.45) is 6.91. The lowest BCUT2D eigenvalue weighted by Crippen LogP contribution is -2.36. The van der Waals surface area contributed by atoms with E-state index in [9.17, 15) is 4.79 Å². The van der Waals surface area contributed by atoms with Crippen LogP contribution >= 0.6 is 0 Å². The zero-order chi connectivity index (χ0) is 35.4. The molecule has 2 aliphatic heterocycles. The summed E-state index contributed by atoms with van der Waals surface area (Å²) < 4.78 is 17.0. The van der Waals surface area contributed by atoms with E-state index in [1.807, 2.05) is 37.3 Å². The van der Waals surface area contributed by atoms with E-state index in [0.717, 1.165) is 85.9 Å². The number of rotatable bonds is 16. The Morgan fingerprint density at radius 2 is 1.76 bits per heavy atom. The number of benzene rings is 3. The quantitative estimate of drug-likeness (QED) is 0.130. The number of tetrazole rings is 1. The molecule has 270 valence electrons. The second-order valence-electron chi connectivity index (χ2n) is 13.3. The lowest BCUT2D eigenvalue weighted by atomic mass is 10.00. The second kappa shape index (κ2) is 18.1. The minimum atomic E-state index is -0.101. The summed E-state index contributed by atoms with van der Waals surface area (Å²) in [5.74, 6) is 1.36. The number of hydrogen-bond donors (Lipinski definition) is 1. The number of carbonyl (C=O) groups is 1. The van der Waals surface area contributed by atoms with Crippen molar-refractivity contribution in [1.82, 2.24) is 25.1 Å². The number of amides is 1. The van der Waals surface area contributed by atoms with Gasteiger partial charge in [-0.25, -0.2) is 0 Å². The average Bonchev–Trinajstić information content (AvgIpc) is 3.55. The fourth-order valence-electron chi connectivity index (χ4n) is 6.52. The zero-order valence-electron chi connectivity index (χ0n) is 30.2. The van der Waals surface area contributed by atoms with Crippen molar-refractivity contribution in [2.75, 3.05) is 56.8 Å². The fraction of sp³-hybridized carbons (Fsp3) is 0.450. The fourth-order valence-corrected chi connectivity index (χ4v) is 6.52. The summed E-state index contributed by atoms with van der Waals surface area (Å²) in [4.78, 5) is 20.0. The van der Waals surface area contributed by atoms with E-state index >= 15 is 0 Å². The molecule has 6 rings (SSSR count). The number of aromatic nitrogens is 4. The van der Waals surface area contributed by atoms with Crippen LogP contribution in [-0.4, -0.2) is 83.7 Å². The van der Waals surface area contributed by atoms with Gasteiger partial charge in [-0.05, 0) is 110 Å². The van der Waals surface area contributed by atoms with Gasteiger partial charge in [0.2, 0.25) is 0 Å². The molecule has 0 unspecified atom stereocenters. The third-order valence-corrected chi connectivity index (χ3v) is 9.53. The monoisotopic (exact) mass is 693 g/mol. The Hall–Kier alpha value is -4.58. The Bertz CT molecular complexity index is 1730. The smallest absolute Gasteiger partial charge is 0.251 e. The van der Waals surface area contributed by atoms with Crippen LogP contribution in [0.4, 0.5) is 11.4 Å². The van der Waals surface area contributed by atoms with Crippen LogP contribution in [0.3, 0.4) is 0 Å². The van der Waals surface area contributed by atoms with Crippen molar-refractivity contribution in [3.8, 4) is 16.9 Å². The Morgan fingerprint density at radius 1 is 0.980 bits per heavy atom. The zero-order valence-corrected chi connectivity index (χ0v) is 30.2. The first kappa shape index (κ1) is 36.2. The third-order valence-electron chi connectivity index (χ3n) is 9.53. The van der Waals surface area contributed by atoms with Gasteiger partial charge in [0.25, 0.3) is 5.91 Å². The highest BCUT2D eigenvalue weighted by Crippen LogP contribution is 2.34. The van der Waals surface area contributed by atoms with Crippen LogP contribution in [0.1, 0.15) is 62.9 Å². The Kier molecular flexibility index (Phi) is 12.8. The molecule has 1 aromatic heterocycles. The lowest BCUT2D eigenvalue weighted by molar-refractivity contribution is -0.112. The summed E-state index contributed by atoms with van der Waals surface area (Å²) in [5.41, 5.74) is 6.83. The third kappa shape index (κ3) is 10.0. The summed E-state index contributed by atoms with van der Waals surface area (Å²) in [5, 5.41) is 16.1. The van der Waals surface area contributed by atoms with Crippen LogP contribution in [0.5, 0.6) is 5.75 Å². The van der Waals surface area contributed by atoms with Crippen molar-refractivity contribution in [2.45, 2.75) is 71.6 Å². The normalized spacial score (nSPS) is 15.0. The molecule has 2 aliphatic rings. The van der Waals surface area contributed by atoms with Crippen molar-refractivity contribution < 1.29 is 19.0 Å². The molecular formula is C40H51N7O4. The first-order valence-corrected chi connectivity index (χ1v) is 18.3. The number of aryl methyl sites for hydroxylation is 1. The van der Waals surface area contributed by atoms with Crippen LogP contribution in [0.2, 0.25) is 0 Å². The van der Waals surface area contributed by atoms with Crippen molar-refractivity contribution >= 4 is 23.4 Å². The van der Waals surface area contributed by atoms with Crippen molar-refractivity contribution in [2.24, 2.45) is 0 Å². The van der Waals surface area contributed by atoms with Gasteiger partial charge in [-0.1, -0.05) is 43.7 Å². The van der Waals surface area contributed by atoms with E-state index in [4.69, 9.17) is 14.2 Å². The van der Waals surface area contributed by atoms with E-state index in [0.29, 0.717) is 56.7 Å². The van der Waals surface area contributed by atoms with Gasteiger partial charge in [0.15, 0.2) is 5.82 Å². The van der Waals surface area contributed by atoms with Gasteiger partial charge in [0, 0.05) is 55.9 Å². The van der Waals surface area contributed by atoms with Gasteiger partial charge in [-0.2, -0.15) is 4.80 Å². The second-order valence-corrected chi connectivity index (χ2v) is 13.3. The standard InChI is InChI=1S/C40H51N7O4/c1-4-6-21-49-24-25-51-37-14-9-31(10-15-37)32-11-16-38-34(26-32)27-33(17-20-46(38)29-39-42-44-47(5-2)43-39)40(48)41-35-12-7-30(8-13-35)28-45(3)36-18-22-50-23-19-36/h7-16,26-27,36H,4-6,17-25,28-29H2,1-3H3,(H,41,48). The van der Waals surface area contributed by atoms with Gasteiger partial charge >= 0.3 is 0 Å². The highest BCUT2D eigenvalue weighted by Gasteiger charge is 2.22. The maximum atomic E-state index is 13.8. The molecular weight excluding hydrogens is 642 g/mol. The van der Waals surface area contributed by atoms with Crippen molar-refractivity contribution in [1.29, 1.82) is 0 Å². The maximum Gasteiger partial charge on any atom is 0.251 e. The summed E-state index contributed by atoms with van der Waals surface area (Å²) in [6.45, 7) is 10.3. The Morgan fingerprint density at radius 3 is 2.51 bits per heavy atom. The molecule has 1 saturated heterocycles. The first-order valence-electron chi connectivity index (χ1n) is 18.3. The molecule has 0 bridgehead atoms. The highest BCUT2D eigenvalue weighted by molar-refractivity contribution is 6.07. The first-order chi connectivity index (χ1) is 25.0. The largest absolute Gasteiger partial charge is 0.491 e. The van der Waals surface area contributed by atoms with Crippen molar-refractivity contribution in [3.63, 3.8) is 0 Å². The molecule has 51 heavy (non-hydrogen) atoms. The average molecular weight is 694 g/mol. The van der Waals surface area contributed by atoms with E-state index < -0.39 is 0 Å². The van der Waals surface area contributed by atoms with E-state index in [1.165, 1.54) is 5.56 Å². The van der Waals surface area contributed by atoms with Gasteiger partial charge in [0.05, 0.1) is 19.7 Å². The topological polar surface area (TPSA) is 107 Å².